The first kappa shape index (κ1) is 19.8. The van der Waals surface area contributed by atoms with Gasteiger partial charge in [-0.15, -0.1) is 0 Å². The third kappa shape index (κ3) is 5.11. The van der Waals surface area contributed by atoms with Crippen molar-refractivity contribution in [2.45, 2.75) is 40.0 Å². The van der Waals surface area contributed by atoms with E-state index in [2.05, 4.69) is 34.7 Å². The number of ether oxygens (including phenoxy) is 1. The molecule has 1 rings (SSSR count). The number of unbranched alkanes of at least 4 members (excludes halogenated alkanes) is 2. The summed E-state index contributed by atoms with van der Waals surface area (Å²) in [6, 6.07) is 1.82. The highest BCUT2D eigenvalue weighted by molar-refractivity contribution is 9.10. The molecule has 0 aliphatic heterocycles. The van der Waals surface area contributed by atoms with Gasteiger partial charge in [0, 0.05) is 24.2 Å². The van der Waals surface area contributed by atoms with E-state index >= 15 is 0 Å². The zero-order valence-electron chi connectivity index (χ0n) is 14.2. The summed E-state index contributed by atoms with van der Waals surface area (Å²) in [6.07, 6.45) is 2.33. The van der Waals surface area contributed by atoms with Crippen molar-refractivity contribution in [2.24, 2.45) is 0 Å². The first-order valence-electron chi connectivity index (χ1n) is 8.09. The molecule has 0 atom stereocenters. The summed E-state index contributed by atoms with van der Waals surface area (Å²) in [5, 5.41) is 8.75. The highest BCUT2D eigenvalue weighted by Gasteiger charge is 2.19. The number of aliphatic hydroxyl groups excluding tert-OH is 1. The van der Waals surface area contributed by atoms with E-state index in [0.29, 0.717) is 17.9 Å². The number of carbonyl (C=O) groups is 1. The van der Waals surface area contributed by atoms with Gasteiger partial charge in [0.15, 0.2) is 0 Å². The molecule has 0 bridgehead atoms. The van der Waals surface area contributed by atoms with Crippen LogP contribution in [-0.4, -0.2) is 37.4 Å². The minimum Gasteiger partial charge on any atom is -0.462 e. The number of aliphatic hydroxyl groups is 1. The highest BCUT2D eigenvalue weighted by atomic mass is 79.9. The molecule has 1 aromatic rings. The molecule has 0 aliphatic carbocycles. The van der Waals surface area contributed by atoms with Gasteiger partial charge >= 0.3 is 5.97 Å². The van der Waals surface area contributed by atoms with E-state index in [-0.39, 0.29) is 12.6 Å². The number of nitrogens with zero attached hydrogens (tertiary/aromatic N) is 1. The van der Waals surface area contributed by atoms with Gasteiger partial charge in [0.05, 0.1) is 23.5 Å². The monoisotopic (exact) mass is 386 g/mol. The van der Waals surface area contributed by atoms with Crippen molar-refractivity contribution in [2.75, 3.05) is 36.9 Å². The lowest BCUT2D eigenvalue weighted by Crippen LogP contribution is -2.24. The van der Waals surface area contributed by atoms with Gasteiger partial charge in [-0.05, 0) is 67.6 Å². The van der Waals surface area contributed by atoms with Gasteiger partial charge in [0.1, 0.15) is 0 Å². The lowest BCUT2D eigenvalue weighted by atomic mass is 10.1. The second kappa shape index (κ2) is 9.78. The Morgan fingerprint density at radius 3 is 2.52 bits per heavy atom. The van der Waals surface area contributed by atoms with Crippen LogP contribution in [0.2, 0.25) is 0 Å². The molecule has 6 heteroatoms. The molecule has 1 aromatic carbocycles. The van der Waals surface area contributed by atoms with Crippen LogP contribution < -0.4 is 10.6 Å². The molecule has 0 saturated carbocycles. The second-order valence-corrected chi connectivity index (χ2v) is 6.18. The number of nitrogen functional groups attached to an aromatic ring is 1. The number of hydrogen-bond donors (Lipinski definition) is 2. The molecule has 3 N–H and O–H groups in total. The van der Waals surface area contributed by atoms with Crippen LogP contribution in [0.5, 0.6) is 0 Å². The number of carbonyl (C=O) groups excluding carboxylic acids is 1. The van der Waals surface area contributed by atoms with Gasteiger partial charge < -0.3 is 20.5 Å². The van der Waals surface area contributed by atoms with Crippen LogP contribution in [0.1, 0.15) is 49.0 Å². The topological polar surface area (TPSA) is 75.8 Å². The summed E-state index contributed by atoms with van der Waals surface area (Å²) >= 11 is 3.49. The fourth-order valence-electron chi connectivity index (χ4n) is 2.43. The Morgan fingerprint density at radius 1 is 1.30 bits per heavy atom. The van der Waals surface area contributed by atoms with Gasteiger partial charge in [0.25, 0.3) is 0 Å². The summed E-state index contributed by atoms with van der Waals surface area (Å²) in [5.41, 5.74) is 9.01. The lowest BCUT2D eigenvalue weighted by Gasteiger charge is -2.25. The van der Waals surface area contributed by atoms with Crippen LogP contribution >= 0.6 is 15.9 Å². The van der Waals surface area contributed by atoms with Crippen molar-refractivity contribution in [1.82, 2.24) is 0 Å². The van der Waals surface area contributed by atoms with E-state index in [0.717, 1.165) is 48.1 Å². The molecule has 0 aromatic heterocycles. The fraction of sp³-hybridized carbons (Fsp3) is 0.588. The summed E-state index contributed by atoms with van der Waals surface area (Å²) in [4.78, 5) is 14.5. The average Bonchev–Trinajstić information content (AvgIpc) is 2.55. The van der Waals surface area contributed by atoms with Crippen molar-refractivity contribution in [3.8, 4) is 0 Å². The maximum atomic E-state index is 12.4. The van der Waals surface area contributed by atoms with Crippen LogP contribution in [0.25, 0.3) is 0 Å². The Morgan fingerprint density at radius 2 is 1.96 bits per heavy atom. The van der Waals surface area contributed by atoms with Crippen LogP contribution in [0.4, 0.5) is 11.4 Å². The quantitative estimate of drug-likeness (QED) is 0.385. The van der Waals surface area contributed by atoms with Gasteiger partial charge in [-0.1, -0.05) is 0 Å². The van der Waals surface area contributed by atoms with Gasteiger partial charge in [-0.3, -0.25) is 0 Å². The standard InChI is InChI=1S/C17H27BrN2O3/c1-4-20(5-2)14-11-13(12(3)15(18)16(14)19)17(22)23-10-8-6-7-9-21/h11,21H,4-10,19H2,1-3H3. The average molecular weight is 387 g/mol. The number of nitrogens with two attached hydrogens (primary N) is 1. The molecule has 0 radical (unpaired) electrons. The lowest BCUT2D eigenvalue weighted by molar-refractivity contribution is 0.0496. The van der Waals surface area contributed by atoms with Crippen LogP contribution in [0.3, 0.4) is 0 Å². The molecule has 0 heterocycles. The molecule has 130 valence electrons. The smallest absolute Gasteiger partial charge is 0.338 e. The Hall–Kier alpha value is -1.27. The Bertz CT molecular complexity index is 531. The SMILES string of the molecule is CCN(CC)c1cc(C(=O)OCCCCCO)c(C)c(Br)c1N. The van der Waals surface area contributed by atoms with E-state index in [9.17, 15) is 4.79 Å². The highest BCUT2D eigenvalue weighted by Crippen LogP contribution is 2.36. The van der Waals surface area contributed by atoms with E-state index in [4.69, 9.17) is 15.6 Å². The minimum atomic E-state index is -0.333. The summed E-state index contributed by atoms with van der Waals surface area (Å²) in [6.45, 7) is 8.12. The molecule has 0 unspecified atom stereocenters. The number of benzene rings is 1. The molecule has 0 amide bonds. The first-order chi connectivity index (χ1) is 11.0. The predicted molar refractivity (Wildman–Crippen MR) is 98.1 cm³/mol. The van der Waals surface area contributed by atoms with E-state index in [1.165, 1.54) is 0 Å². The van der Waals surface area contributed by atoms with Crippen molar-refractivity contribution >= 4 is 33.3 Å². The summed E-state index contributed by atoms with van der Waals surface area (Å²) < 4.78 is 6.10. The number of anilines is 2. The number of hydrogen-bond acceptors (Lipinski definition) is 5. The zero-order chi connectivity index (χ0) is 17.4. The Labute approximate surface area is 146 Å². The van der Waals surface area contributed by atoms with Crippen molar-refractivity contribution in [3.63, 3.8) is 0 Å². The Kier molecular flexibility index (Phi) is 8.41. The molecule has 0 aliphatic rings. The summed E-state index contributed by atoms with van der Waals surface area (Å²) in [5.74, 6) is -0.333. The van der Waals surface area contributed by atoms with Gasteiger partial charge in [-0.25, -0.2) is 4.79 Å². The maximum Gasteiger partial charge on any atom is 0.338 e. The third-order valence-corrected chi connectivity index (χ3v) is 4.91. The molecule has 0 spiro atoms. The Balaban J connectivity index is 2.95. The van der Waals surface area contributed by atoms with Crippen molar-refractivity contribution in [1.29, 1.82) is 0 Å². The molecular weight excluding hydrogens is 360 g/mol. The van der Waals surface area contributed by atoms with Crippen LogP contribution in [-0.2, 0) is 4.74 Å². The van der Waals surface area contributed by atoms with Gasteiger partial charge in [0.2, 0.25) is 0 Å². The fourth-order valence-corrected chi connectivity index (χ4v) is 2.84. The van der Waals surface area contributed by atoms with E-state index < -0.39 is 0 Å². The minimum absolute atomic E-state index is 0.172. The molecule has 0 fully saturated rings. The predicted octanol–water partition coefficient (Wildman–Crippen LogP) is 3.51. The molecular formula is C17H27BrN2O3. The zero-order valence-corrected chi connectivity index (χ0v) is 15.8. The third-order valence-electron chi connectivity index (χ3n) is 3.89. The number of esters is 1. The summed E-state index contributed by atoms with van der Waals surface area (Å²) in [7, 11) is 0. The van der Waals surface area contributed by atoms with Crippen LogP contribution in [0, 0.1) is 6.92 Å². The van der Waals surface area contributed by atoms with E-state index in [1.54, 1.807) is 0 Å². The van der Waals surface area contributed by atoms with Crippen molar-refractivity contribution in [3.05, 3.63) is 21.7 Å². The molecule has 5 nitrogen and oxygen atoms in total. The molecule has 0 saturated heterocycles. The first-order valence-corrected chi connectivity index (χ1v) is 8.88. The maximum absolute atomic E-state index is 12.4. The van der Waals surface area contributed by atoms with Gasteiger partial charge in [-0.2, -0.15) is 0 Å². The normalized spacial score (nSPS) is 10.7. The van der Waals surface area contributed by atoms with Crippen LogP contribution in [0.15, 0.2) is 10.5 Å². The number of rotatable bonds is 9. The molecule has 23 heavy (non-hydrogen) atoms. The van der Waals surface area contributed by atoms with Crippen molar-refractivity contribution < 1.29 is 14.6 Å². The second-order valence-electron chi connectivity index (χ2n) is 5.39. The largest absolute Gasteiger partial charge is 0.462 e. The van der Waals surface area contributed by atoms with E-state index in [1.807, 2.05) is 13.0 Å². The number of halogens is 1.